The van der Waals surface area contributed by atoms with Crippen LogP contribution in [0.25, 0.3) is 0 Å². The number of nitrogens with two attached hydrogens (primary N) is 1. The van der Waals surface area contributed by atoms with Gasteiger partial charge in [0.05, 0.1) is 0 Å². The molecule has 1 saturated carbocycles. The fourth-order valence-corrected chi connectivity index (χ4v) is 1.51. The number of fused-ring (bicyclic) bond motifs is 1. The Hall–Kier alpha value is -0.0800. The summed E-state index contributed by atoms with van der Waals surface area (Å²) in [4.78, 5) is 0. The first-order valence-electron chi connectivity index (χ1n) is 2.87. The first-order chi connectivity index (χ1) is 3.38. The zero-order valence-electron chi connectivity index (χ0n) is 4.22. The van der Waals surface area contributed by atoms with E-state index in [2.05, 4.69) is 5.32 Å². The van der Waals surface area contributed by atoms with Gasteiger partial charge in [-0.15, -0.1) is 0 Å². The molecule has 0 unspecified atom stereocenters. The Morgan fingerprint density at radius 3 is 2.57 bits per heavy atom. The van der Waals surface area contributed by atoms with Gasteiger partial charge in [-0.25, -0.2) is 0 Å². The summed E-state index contributed by atoms with van der Waals surface area (Å²) in [6.45, 7) is 1.17. The molecule has 3 aliphatic rings. The SMILES string of the molecule is N[C@@H]1[C@H]2CN[C@@H]1C2. The maximum Gasteiger partial charge on any atom is 0.0236 e. The second-order valence-electron chi connectivity index (χ2n) is 2.59. The average Bonchev–Trinajstić information content (AvgIpc) is 2.18. The highest BCUT2D eigenvalue weighted by molar-refractivity contribution is 5.04. The molecule has 3 N–H and O–H groups in total. The van der Waals surface area contributed by atoms with Crippen LogP contribution in [0.1, 0.15) is 6.42 Å². The number of hydrogen-bond acceptors (Lipinski definition) is 2. The van der Waals surface area contributed by atoms with Crippen LogP contribution in [0.15, 0.2) is 0 Å². The maximum atomic E-state index is 5.67. The van der Waals surface area contributed by atoms with E-state index in [9.17, 15) is 0 Å². The molecular formula is C5H10N2. The maximum absolute atomic E-state index is 5.67. The Kier molecular flexibility index (Phi) is 0.557. The highest BCUT2D eigenvalue weighted by atomic mass is 15.1. The van der Waals surface area contributed by atoms with Gasteiger partial charge in [0, 0.05) is 12.1 Å². The number of rotatable bonds is 0. The predicted molar refractivity (Wildman–Crippen MR) is 27.9 cm³/mol. The minimum atomic E-state index is 0.500. The van der Waals surface area contributed by atoms with Crippen molar-refractivity contribution >= 4 is 0 Å². The van der Waals surface area contributed by atoms with Crippen molar-refractivity contribution in [2.75, 3.05) is 6.54 Å². The van der Waals surface area contributed by atoms with E-state index in [1.54, 1.807) is 0 Å². The largest absolute Gasteiger partial charge is 0.326 e. The normalized spacial score (nSPS) is 57.0. The highest BCUT2D eigenvalue weighted by Gasteiger charge is 2.43. The second kappa shape index (κ2) is 1.01. The molecule has 0 aromatic rings. The lowest BCUT2D eigenvalue weighted by atomic mass is 9.81. The molecule has 2 bridgehead atoms. The van der Waals surface area contributed by atoms with Gasteiger partial charge in [0.1, 0.15) is 0 Å². The Labute approximate surface area is 43.1 Å². The van der Waals surface area contributed by atoms with Crippen LogP contribution < -0.4 is 11.1 Å². The quantitative estimate of drug-likeness (QED) is 0.420. The third-order valence-electron chi connectivity index (χ3n) is 2.21. The molecular weight excluding hydrogens is 88.1 g/mol. The summed E-state index contributed by atoms with van der Waals surface area (Å²) in [7, 11) is 0. The first kappa shape index (κ1) is 3.87. The minimum absolute atomic E-state index is 0.500. The van der Waals surface area contributed by atoms with E-state index >= 15 is 0 Å². The summed E-state index contributed by atoms with van der Waals surface area (Å²) in [6, 6.07) is 1.19. The van der Waals surface area contributed by atoms with Gasteiger partial charge in [-0.05, 0) is 18.9 Å². The molecule has 3 atom stereocenters. The first-order valence-corrected chi connectivity index (χ1v) is 2.87. The van der Waals surface area contributed by atoms with Crippen molar-refractivity contribution in [2.45, 2.75) is 18.5 Å². The fourth-order valence-electron chi connectivity index (χ4n) is 1.51. The summed E-state index contributed by atoms with van der Waals surface area (Å²) >= 11 is 0. The van der Waals surface area contributed by atoms with Crippen LogP contribution in [0.4, 0.5) is 0 Å². The van der Waals surface area contributed by atoms with Gasteiger partial charge >= 0.3 is 0 Å². The topological polar surface area (TPSA) is 38.0 Å². The van der Waals surface area contributed by atoms with Crippen molar-refractivity contribution in [1.29, 1.82) is 0 Å². The van der Waals surface area contributed by atoms with E-state index in [1.807, 2.05) is 0 Å². The third-order valence-corrected chi connectivity index (χ3v) is 2.21. The van der Waals surface area contributed by atoms with E-state index in [4.69, 9.17) is 5.73 Å². The summed E-state index contributed by atoms with van der Waals surface area (Å²) in [5.41, 5.74) is 5.67. The Balaban J connectivity index is 2.14. The zero-order chi connectivity index (χ0) is 4.85. The van der Waals surface area contributed by atoms with Gasteiger partial charge in [0.25, 0.3) is 0 Å². The van der Waals surface area contributed by atoms with Crippen LogP contribution in [0.3, 0.4) is 0 Å². The Bertz CT molecular complexity index is 78.1. The van der Waals surface area contributed by atoms with Crippen molar-refractivity contribution in [1.82, 2.24) is 5.32 Å². The molecule has 0 amide bonds. The van der Waals surface area contributed by atoms with Gasteiger partial charge in [-0.3, -0.25) is 0 Å². The lowest BCUT2D eigenvalue weighted by Crippen LogP contribution is -2.48. The molecule has 0 aromatic heterocycles. The molecule has 2 heteroatoms. The van der Waals surface area contributed by atoms with Crippen LogP contribution in [-0.4, -0.2) is 18.6 Å². The van der Waals surface area contributed by atoms with Gasteiger partial charge in [-0.1, -0.05) is 0 Å². The van der Waals surface area contributed by atoms with Crippen molar-refractivity contribution < 1.29 is 0 Å². The molecule has 0 aromatic carbocycles. The summed E-state index contributed by atoms with van der Waals surface area (Å²) in [5.74, 6) is 0.824. The summed E-state index contributed by atoms with van der Waals surface area (Å²) < 4.78 is 0. The van der Waals surface area contributed by atoms with E-state index in [0.29, 0.717) is 12.1 Å². The monoisotopic (exact) mass is 98.1 g/mol. The summed E-state index contributed by atoms with van der Waals surface area (Å²) in [5, 5.41) is 3.32. The highest BCUT2D eigenvalue weighted by Crippen LogP contribution is 2.31. The molecule has 2 saturated heterocycles. The molecule has 3 rings (SSSR count). The van der Waals surface area contributed by atoms with Crippen LogP contribution in [-0.2, 0) is 0 Å². The molecule has 2 heterocycles. The van der Waals surface area contributed by atoms with Crippen LogP contribution in [0.2, 0.25) is 0 Å². The molecule has 40 valence electrons. The average molecular weight is 98.1 g/mol. The summed E-state index contributed by atoms with van der Waals surface area (Å²) in [6.07, 6.45) is 1.33. The van der Waals surface area contributed by atoms with Crippen molar-refractivity contribution in [2.24, 2.45) is 11.7 Å². The Morgan fingerprint density at radius 2 is 2.43 bits per heavy atom. The number of hydrogen-bond donors (Lipinski definition) is 2. The number of nitrogens with one attached hydrogen (secondary N) is 1. The lowest BCUT2D eigenvalue weighted by molar-refractivity contribution is 0.304. The second-order valence-corrected chi connectivity index (χ2v) is 2.59. The van der Waals surface area contributed by atoms with Gasteiger partial charge in [0.15, 0.2) is 0 Å². The van der Waals surface area contributed by atoms with Gasteiger partial charge in [-0.2, -0.15) is 0 Å². The van der Waals surface area contributed by atoms with Gasteiger partial charge < -0.3 is 11.1 Å². The standard InChI is InChI=1S/C5H10N2/c6-5-3-1-4(5)7-2-3/h3-5,7H,1-2,6H2/t3-,4-,5-/m1/s1. The molecule has 0 radical (unpaired) electrons. The van der Waals surface area contributed by atoms with Crippen LogP contribution in [0, 0.1) is 5.92 Å². The van der Waals surface area contributed by atoms with Crippen molar-refractivity contribution in [3.63, 3.8) is 0 Å². The van der Waals surface area contributed by atoms with Gasteiger partial charge in [0.2, 0.25) is 0 Å². The van der Waals surface area contributed by atoms with Crippen LogP contribution in [0.5, 0.6) is 0 Å². The van der Waals surface area contributed by atoms with Crippen LogP contribution >= 0.6 is 0 Å². The van der Waals surface area contributed by atoms with E-state index < -0.39 is 0 Å². The lowest BCUT2D eigenvalue weighted by Gasteiger charge is -2.30. The predicted octanol–water partition coefficient (Wildman–Crippen LogP) is -0.695. The fraction of sp³-hybridized carbons (Fsp3) is 1.00. The molecule has 2 aliphatic heterocycles. The third kappa shape index (κ3) is 0.318. The zero-order valence-corrected chi connectivity index (χ0v) is 4.22. The van der Waals surface area contributed by atoms with E-state index in [1.165, 1.54) is 13.0 Å². The van der Waals surface area contributed by atoms with E-state index in [-0.39, 0.29) is 0 Å². The van der Waals surface area contributed by atoms with Crippen molar-refractivity contribution in [3.8, 4) is 0 Å². The van der Waals surface area contributed by atoms with E-state index in [0.717, 1.165) is 5.92 Å². The molecule has 3 fully saturated rings. The molecule has 7 heavy (non-hydrogen) atoms. The Morgan fingerprint density at radius 1 is 1.57 bits per heavy atom. The minimum Gasteiger partial charge on any atom is -0.326 e. The molecule has 0 spiro atoms. The smallest absolute Gasteiger partial charge is 0.0236 e. The molecule has 1 aliphatic carbocycles. The molecule has 2 nitrogen and oxygen atoms in total. The van der Waals surface area contributed by atoms with Crippen molar-refractivity contribution in [3.05, 3.63) is 0 Å².